The third kappa shape index (κ3) is 1.48. The van der Waals surface area contributed by atoms with Gasteiger partial charge in [0.1, 0.15) is 5.54 Å². The topological polar surface area (TPSA) is 49.8 Å². The summed E-state index contributed by atoms with van der Waals surface area (Å²) in [6, 6.07) is 2.18. The normalized spacial score (nSPS) is 40.7. The summed E-state index contributed by atoms with van der Waals surface area (Å²) >= 11 is 0. The Labute approximate surface area is 62.0 Å². The highest BCUT2D eigenvalue weighted by atomic mass is 14.7. The zero-order valence-corrected chi connectivity index (χ0v) is 6.43. The van der Waals surface area contributed by atoms with Crippen molar-refractivity contribution >= 4 is 0 Å². The Morgan fingerprint density at radius 2 is 2.00 bits per heavy atom. The van der Waals surface area contributed by atoms with Gasteiger partial charge in [0, 0.05) is 0 Å². The maximum Gasteiger partial charge on any atom is 0.104 e. The Kier molecular flexibility index (Phi) is 1.96. The van der Waals surface area contributed by atoms with E-state index in [1.54, 1.807) is 0 Å². The average Bonchev–Trinajstić information content (AvgIpc) is 1.96. The van der Waals surface area contributed by atoms with Crippen LogP contribution in [0.3, 0.4) is 0 Å². The van der Waals surface area contributed by atoms with Crippen molar-refractivity contribution in [1.82, 2.24) is 0 Å². The van der Waals surface area contributed by atoms with Crippen LogP contribution in [0.4, 0.5) is 0 Å². The van der Waals surface area contributed by atoms with Crippen LogP contribution in [0.25, 0.3) is 0 Å². The highest BCUT2D eigenvalue weighted by Gasteiger charge is 2.29. The molecule has 0 radical (unpaired) electrons. The van der Waals surface area contributed by atoms with E-state index in [1.165, 1.54) is 0 Å². The van der Waals surface area contributed by atoms with E-state index in [0.29, 0.717) is 0 Å². The van der Waals surface area contributed by atoms with Crippen molar-refractivity contribution in [2.24, 2.45) is 11.7 Å². The molecule has 2 N–H and O–H groups in total. The number of rotatable bonds is 0. The van der Waals surface area contributed by atoms with Gasteiger partial charge in [-0.05, 0) is 31.6 Å². The molecule has 0 aromatic carbocycles. The van der Waals surface area contributed by atoms with Gasteiger partial charge < -0.3 is 5.73 Å². The van der Waals surface area contributed by atoms with E-state index in [9.17, 15) is 0 Å². The van der Waals surface area contributed by atoms with Crippen LogP contribution >= 0.6 is 0 Å². The van der Waals surface area contributed by atoms with Crippen molar-refractivity contribution in [3.63, 3.8) is 0 Å². The second kappa shape index (κ2) is 2.59. The van der Waals surface area contributed by atoms with Crippen molar-refractivity contribution in [2.75, 3.05) is 0 Å². The van der Waals surface area contributed by atoms with Crippen LogP contribution in [0.15, 0.2) is 0 Å². The molecule has 0 heterocycles. The van der Waals surface area contributed by atoms with Gasteiger partial charge in [0.2, 0.25) is 0 Å². The minimum Gasteiger partial charge on any atom is -0.313 e. The number of nitriles is 1. The zero-order valence-electron chi connectivity index (χ0n) is 6.43. The highest BCUT2D eigenvalue weighted by molar-refractivity contribution is 5.06. The molecule has 0 aromatic rings. The second-order valence-corrected chi connectivity index (χ2v) is 3.45. The fourth-order valence-corrected chi connectivity index (χ4v) is 1.39. The summed E-state index contributed by atoms with van der Waals surface area (Å²) in [6.07, 6.45) is 3.99. The second-order valence-electron chi connectivity index (χ2n) is 3.45. The van der Waals surface area contributed by atoms with Gasteiger partial charge in [-0.3, -0.25) is 0 Å². The summed E-state index contributed by atoms with van der Waals surface area (Å²) in [5, 5.41) is 8.66. The lowest BCUT2D eigenvalue weighted by Crippen LogP contribution is -2.41. The van der Waals surface area contributed by atoms with Gasteiger partial charge in [0.25, 0.3) is 0 Å². The molecule has 0 aliphatic heterocycles. The lowest BCUT2D eigenvalue weighted by Gasteiger charge is -2.29. The maximum absolute atomic E-state index is 8.66. The lowest BCUT2D eigenvalue weighted by molar-refractivity contribution is 0.297. The molecular formula is C8H14N2. The fourth-order valence-electron chi connectivity index (χ4n) is 1.39. The molecule has 0 atom stereocenters. The molecule has 1 saturated carbocycles. The van der Waals surface area contributed by atoms with E-state index < -0.39 is 5.54 Å². The van der Waals surface area contributed by atoms with E-state index >= 15 is 0 Å². The van der Waals surface area contributed by atoms with Crippen LogP contribution < -0.4 is 5.73 Å². The molecule has 0 spiro atoms. The van der Waals surface area contributed by atoms with Gasteiger partial charge in [-0.2, -0.15) is 5.26 Å². The van der Waals surface area contributed by atoms with Crippen molar-refractivity contribution in [3.05, 3.63) is 0 Å². The summed E-state index contributed by atoms with van der Waals surface area (Å²) in [5.41, 5.74) is 5.27. The Morgan fingerprint density at radius 3 is 2.40 bits per heavy atom. The number of hydrogen-bond donors (Lipinski definition) is 1. The molecule has 0 amide bonds. The summed E-state index contributed by atoms with van der Waals surface area (Å²) in [4.78, 5) is 0. The SMILES string of the molecule is C[C@H]1CC[C@](N)(C#N)CC1. The molecule has 1 fully saturated rings. The smallest absolute Gasteiger partial charge is 0.104 e. The van der Waals surface area contributed by atoms with Crippen LogP contribution in [-0.2, 0) is 0 Å². The minimum atomic E-state index is -0.494. The molecule has 1 aliphatic rings. The molecule has 2 nitrogen and oxygen atoms in total. The molecule has 0 aromatic heterocycles. The molecule has 1 aliphatic carbocycles. The summed E-state index contributed by atoms with van der Waals surface area (Å²) in [7, 11) is 0. The van der Waals surface area contributed by atoms with Crippen LogP contribution in [0.1, 0.15) is 32.6 Å². The zero-order chi connectivity index (χ0) is 7.61. The Balaban J connectivity index is 2.48. The van der Waals surface area contributed by atoms with Crippen molar-refractivity contribution in [3.8, 4) is 6.07 Å². The standard InChI is InChI=1S/C8H14N2/c1-7-2-4-8(10,6-9)5-3-7/h7H,2-5,10H2,1H3/t7-,8+. The summed E-state index contributed by atoms with van der Waals surface area (Å²) < 4.78 is 0. The largest absolute Gasteiger partial charge is 0.313 e. The lowest BCUT2D eigenvalue weighted by atomic mass is 9.79. The summed E-state index contributed by atoms with van der Waals surface area (Å²) in [6.45, 7) is 2.22. The highest BCUT2D eigenvalue weighted by Crippen LogP contribution is 2.29. The van der Waals surface area contributed by atoms with Crippen molar-refractivity contribution in [2.45, 2.75) is 38.1 Å². The minimum absolute atomic E-state index is 0.494. The predicted octanol–water partition coefficient (Wildman–Crippen LogP) is 1.42. The van der Waals surface area contributed by atoms with E-state index in [2.05, 4.69) is 13.0 Å². The van der Waals surface area contributed by atoms with Gasteiger partial charge in [0.15, 0.2) is 0 Å². The molecule has 1 rings (SSSR count). The first-order valence-electron chi connectivity index (χ1n) is 3.86. The number of nitrogens with zero attached hydrogens (tertiary/aromatic N) is 1. The molecule has 10 heavy (non-hydrogen) atoms. The van der Waals surface area contributed by atoms with Crippen LogP contribution in [0, 0.1) is 17.2 Å². The third-order valence-corrected chi connectivity index (χ3v) is 2.39. The first kappa shape index (κ1) is 7.56. The molecular weight excluding hydrogens is 124 g/mol. The molecule has 0 saturated heterocycles. The Bertz CT molecular complexity index is 149. The van der Waals surface area contributed by atoms with E-state index in [0.717, 1.165) is 31.6 Å². The Morgan fingerprint density at radius 1 is 1.50 bits per heavy atom. The number of nitrogens with two attached hydrogens (primary N) is 1. The molecule has 2 heteroatoms. The van der Waals surface area contributed by atoms with Gasteiger partial charge in [-0.25, -0.2) is 0 Å². The maximum atomic E-state index is 8.66. The van der Waals surface area contributed by atoms with E-state index in [4.69, 9.17) is 11.0 Å². The van der Waals surface area contributed by atoms with Crippen LogP contribution in [-0.4, -0.2) is 5.54 Å². The van der Waals surface area contributed by atoms with Gasteiger partial charge in [0.05, 0.1) is 6.07 Å². The van der Waals surface area contributed by atoms with Gasteiger partial charge in [-0.15, -0.1) is 0 Å². The monoisotopic (exact) mass is 138 g/mol. The van der Waals surface area contributed by atoms with Crippen LogP contribution in [0.5, 0.6) is 0 Å². The first-order chi connectivity index (χ1) is 4.66. The molecule has 0 bridgehead atoms. The van der Waals surface area contributed by atoms with Crippen molar-refractivity contribution in [1.29, 1.82) is 5.26 Å². The summed E-state index contributed by atoms with van der Waals surface area (Å²) in [5.74, 6) is 0.769. The fraction of sp³-hybridized carbons (Fsp3) is 0.875. The quantitative estimate of drug-likeness (QED) is 0.550. The number of hydrogen-bond acceptors (Lipinski definition) is 2. The third-order valence-electron chi connectivity index (χ3n) is 2.39. The Hall–Kier alpha value is -0.550. The first-order valence-corrected chi connectivity index (χ1v) is 3.86. The van der Waals surface area contributed by atoms with Gasteiger partial charge >= 0.3 is 0 Å². The predicted molar refractivity (Wildman–Crippen MR) is 40.2 cm³/mol. The van der Waals surface area contributed by atoms with E-state index in [-0.39, 0.29) is 0 Å². The van der Waals surface area contributed by atoms with Gasteiger partial charge in [-0.1, -0.05) is 6.92 Å². The van der Waals surface area contributed by atoms with E-state index in [1.807, 2.05) is 0 Å². The molecule has 0 unspecified atom stereocenters. The van der Waals surface area contributed by atoms with Crippen molar-refractivity contribution < 1.29 is 0 Å². The average molecular weight is 138 g/mol. The van der Waals surface area contributed by atoms with Crippen LogP contribution in [0.2, 0.25) is 0 Å². The molecule has 56 valence electrons.